The van der Waals surface area contributed by atoms with Gasteiger partial charge in [0.2, 0.25) is 11.6 Å². The van der Waals surface area contributed by atoms with Gasteiger partial charge in [-0.1, -0.05) is 6.07 Å². The summed E-state index contributed by atoms with van der Waals surface area (Å²) in [6.45, 7) is 0.308. The van der Waals surface area contributed by atoms with E-state index in [9.17, 15) is 10.1 Å². The van der Waals surface area contributed by atoms with Gasteiger partial charge in [-0.05, 0) is 12.1 Å². The van der Waals surface area contributed by atoms with Gasteiger partial charge in [0.15, 0.2) is 0 Å². The number of hydrogen-bond acceptors (Lipinski definition) is 8. The summed E-state index contributed by atoms with van der Waals surface area (Å²) < 4.78 is 0. The Morgan fingerprint density at radius 1 is 1.26 bits per heavy atom. The highest BCUT2D eigenvalue weighted by Gasteiger charge is 2.22. The number of hydrazine groups is 1. The van der Waals surface area contributed by atoms with Crippen LogP contribution in [-0.2, 0) is 6.54 Å². The summed E-state index contributed by atoms with van der Waals surface area (Å²) in [7, 11) is 0. The topological polar surface area (TPSA) is 132 Å². The Labute approximate surface area is 108 Å². The molecule has 9 nitrogen and oxygen atoms in total. The Bertz CT molecular complexity index is 575. The molecule has 2 heterocycles. The maximum atomic E-state index is 11.0. The van der Waals surface area contributed by atoms with Crippen LogP contribution in [0.5, 0.6) is 0 Å². The highest BCUT2D eigenvalue weighted by atomic mass is 16.6. The van der Waals surface area contributed by atoms with Gasteiger partial charge < -0.3 is 10.7 Å². The third-order valence-electron chi connectivity index (χ3n) is 2.30. The number of nitrogens with one attached hydrogen (secondary N) is 2. The molecule has 0 spiro atoms. The van der Waals surface area contributed by atoms with E-state index in [1.165, 1.54) is 6.33 Å². The summed E-state index contributed by atoms with van der Waals surface area (Å²) >= 11 is 0. The zero-order valence-corrected chi connectivity index (χ0v) is 9.78. The van der Waals surface area contributed by atoms with Crippen molar-refractivity contribution < 1.29 is 4.92 Å². The number of rotatable bonds is 5. The number of pyridine rings is 1. The Morgan fingerprint density at radius 2 is 2.05 bits per heavy atom. The van der Waals surface area contributed by atoms with Gasteiger partial charge in [0, 0.05) is 6.20 Å². The second-order valence-corrected chi connectivity index (χ2v) is 3.50. The highest BCUT2D eigenvalue weighted by Crippen LogP contribution is 2.28. The normalized spacial score (nSPS) is 9.95. The van der Waals surface area contributed by atoms with Crippen LogP contribution in [0.4, 0.5) is 17.3 Å². The number of nitrogens with two attached hydrogens (primary N) is 1. The predicted molar refractivity (Wildman–Crippen MR) is 68.1 cm³/mol. The molecule has 0 aliphatic rings. The summed E-state index contributed by atoms with van der Waals surface area (Å²) in [6.07, 6.45) is 2.82. The molecule has 19 heavy (non-hydrogen) atoms. The van der Waals surface area contributed by atoms with E-state index >= 15 is 0 Å². The molecule has 0 fully saturated rings. The Hall–Kier alpha value is -2.81. The number of hydrogen-bond donors (Lipinski definition) is 3. The lowest BCUT2D eigenvalue weighted by atomic mass is 10.3. The van der Waals surface area contributed by atoms with E-state index in [2.05, 4.69) is 25.7 Å². The molecule has 0 saturated carbocycles. The van der Waals surface area contributed by atoms with E-state index < -0.39 is 4.92 Å². The maximum Gasteiger partial charge on any atom is 0.354 e. The predicted octanol–water partition coefficient (Wildman–Crippen LogP) is 0.677. The second kappa shape index (κ2) is 5.69. The standard InChI is InChI=1S/C10H11N7O2/c11-16-10-8(17(18)19)9(14-6-15-10)13-5-7-3-1-2-4-12-7/h1-4,6H,5,11H2,(H2,13,14,15,16). The molecule has 0 saturated heterocycles. The molecule has 2 aromatic rings. The number of nitro groups is 1. The summed E-state index contributed by atoms with van der Waals surface area (Å²) in [5.41, 5.74) is 2.60. The lowest BCUT2D eigenvalue weighted by molar-refractivity contribution is -0.383. The molecule has 2 rings (SSSR count). The third-order valence-corrected chi connectivity index (χ3v) is 2.30. The molecule has 0 aliphatic heterocycles. The van der Waals surface area contributed by atoms with Gasteiger partial charge in [-0.3, -0.25) is 15.1 Å². The fraction of sp³-hybridized carbons (Fsp3) is 0.100. The van der Waals surface area contributed by atoms with Crippen molar-refractivity contribution in [1.29, 1.82) is 0 Å². The first-order valence-electron chi connectivity index (χ1n) is 5.32. The van der Waals surface area contributed by atoms with E-state index in [1.807, 2.05) is 6.07 Å². The molecule has 0 amide bonds. The van der Waals surface area contributed by atoms with Gasteiger partial charge in [0.05, 0.1) is 17.2 Å². The van der Waals surface area contributed by atoms with Gasteiger partial charge in [-0.15, -0.1) is 0 Å². The van der Waals surface area contributed by atoms with E-state index in [4.69, 9.17) is 5.84 Å². The van der Waals surface area contributed by atoms with Crippen molar-refractivity contribution >= 4 is 17.3 Å². The largest absolute Gasteiger partial charge is 0.359 e. The summed E-state index contributed by atoms with van der Waals surface area (Å²) in [4.78, 5) is 22.0. The van der Waals surface area contributed by atoms with Crippen molar-refractivity contribution in [2.45, 2.75) is 6.54 Å². The molecular weight excluding hydrogens is 250 g/mol. The first-order chi connectivity index (χ1) is 9.22. The fourth-order valence-electron chi connectivity index (χ4n) is 1.46. The number of anilines is 2. The zero-order chi connectivity index (χ0) is 13.7. The SMILES string of the molecule is NNc1ncnc(NCc2ccccn2)c1[N+](=O)[O-]. The van der Waals surface area contributed by atoms with Crippen LogP contribution in [0.3, 0.4) is 0 Å². The van der Waals surface area contributed by atoms with E-state index in [-0.39, 0.29) is 17.3 Å². The van der Waals surface area contributed by atoms with Gasteiger partial charge in [-0.2, -0.15) is 0 Å². The first-order valence-corrected chi connectivity index (χ1v) is 5.32. The molecule has 0 unspecified atom stereocenters. The van der Waals surface area contributed by atoms with Gasteiger partial charge in [0.1, 0.15) is 6.33 Å². The van der Waals surface area contributed by atoms with Gasteiger partial charge in [0.25, 0.3) is 0 Å². The molecule has 0 aliphatic carbocycles. The molecule has 2 aromatic heterocycles. The highest BCUT2D eigenvalue weighted by molar-refractivity contribution is 5.68. The van der Waals surface area contributed by atoms with Crippen molar-refractivity contribution in [3.63, 3.8) is 0 Å². The summed E-state index contributed by atoms with van der Waals surface area (Å²) in [5, 5.41) is 13.8. The molecule has 98 valence electrons. The van der Waals surface area contributed by atoms with Crippen molar-refractivity contribution in [3.8, 4) is 0 Å². The summed E-state index contributed by atoms with van der Waals surface area (Å²) in [6, 6.07) is 5.40. The van der Waals surface area contributed by atoms with E-state index in [0.717, 1.165) is 5.69 Å². The molecule has 4 N–H and O–H groups in total. The van der Waals surface area contributed by atoms with Crippen LogP contribution in [-0.4, -0.2) is 19.9 Å². The van der Waals surface area contributed by atoms with Crippen LogP contribution in [0.1, 0.15) is 5.69 Å². The average Bonchev–Trinajstić information content (AvgIpc) is 2.45. The lowest BCUT2D eigenvalue weighted by Gasteiger charge is -2.07. The van der Waals surface area contributed by atoms with Crippen LogP contribution in [0.15, 0.2) is 30.7 Å². The fourth-order valence-corrected chi connectivity index (χ4v) is 1.46. The number of aromatic nitrogens is 3. The van der Waals surface area contributed by atoms with E-state index in [1.54, 1.807) is 18.3 Å². The molecule has 0 aromatic carbocycles. The van der Waals surface area contributed by atoms with Crippen LogP contribution < -0.4 is 16.6 Å². The van der Waals surface area contributed by atoms with Gasteiger partial charge >= 0.3 is 5.69 Å². The Balaban J connectivity index is 2.23. The summed E-state index contributed by atoms with van der Waals surface area (Å²) in [5.74, 6) is 5.21. The zero-order valence-electron chi connectivity index (χ0n) is 9.78. The average molecular weight is 261 g/mol. The minimum atomic E-state index is -0.601. The van der Waals surface area contributed by atoms with Crippen molar-refractivity contribution in [2.75, 3.05) is 10.7 Å². The Kier molecular flexibility index (Phi) is 3.78. The molecule has 0 atom stereocenters. The maximum absolute atomic E-state index is 11.0. The molecular formula is C10H11N7O2. The van der Waals surface area contributed by atoms with E-state index in [0.29, 0.717) is 6.54 Å². The lowest BCUT2D eigenvalue weighted by Crippen LogP contribution is -2.13. The second-order valence-electron chi connectivity index (χ2n) is 3.50. The minimum absolute atomic E-state index is 0.0523. The minimum Gasteiger partial charge on any atom is -0.359 e. The van der Waals surface area contributed by atoms with Crippen LogP contribution >= 0.6 is 0 Å². The molecule has 0 radical (unpaired) electrons. The smallest absolute Gasteiger partial charge is 0.354 e. The first kappa shape index (κ1) is 12.6. The molecule has 0 bridgehead atoms. The van der Waals surface area contributed by atoms with Crippen LogP contribution in [0.2, 0.25) is 0 Å². The molecule has 9 heteroatoms. The van der Waals surface area contributed by atoms with Crippen LogP contribution in [0, 0.1) is 10.1 Å². The number of nitrogens with zero attached hydrogens (tertiary/aromatic N) is 4. The monoisotopic (exact) mass is 261 g/mol. The Morgan fingerprint density at radius 3 is 2.68 bits per heavy atom. The van der Waals surface area contributed by atoms with Crippen molar-refractivity contribution in [2.24, 2.45) is 5.84 Å². The van der Waals surface area contributed by atoms with Crippen molar-refractivity contribution in [1.82, 2.24) is 15.0 Å². The van der Waals surface area contributed by atoms with Gasteiger partial charge in [-0.25, -0.2) is 15.8 Å². The third kappa shape index (κ3) is 2.90. The van der Waals surface area contributed by atoms with Crippen molar-refractivity contribution in [3.05, 3.63) is 46.5 Å². The number of nitrogen functional groups attached to an aromatic ring is 1. The van der Waals surface area contributed by atoms with Crippen LogP contribution in [0.25, 0.3) is 0 Å². The quantitative estimate of drug-likeness (QED) is 0.406.